The van der Waals surface area contributed by atoms with E-state index in [0.717, 1.165) is 17.7 Å². The molecule has 2 aromatic carbocycles. The van der Waals surface area contributed by atoms with Crippen molar-refractivity contribution in [2.75, 3.05) is 18.2 Å². The van der Waals surface area contributed by atoms with Crippen molar-refractivity contribution in [1.29, 1.82) is 0 Å². The molecule has 0 spiro atoms. The summed E-state index contributed by atoms with van der Waals surface area (Å²) in [6.45, 7) is 0. The molecule has 1 heterocycles. The van der Waals surface area contributed by atoms with E-state index in [1.807, 2.05) is 18.2 Å². The Morgan fingerprint density at radius 1 is 1.29 bits per heavy atom. The topological polar surface area (TPSA) is 97.7 Å². The number of hydrogen-bond donors (Lipinski definition) is 4. The first kappa shape index (κ1) is 15.0. The Morgan fingerprint density at radius 3 is 2.83 bits per heavy atom. The Bertz CT molecular complexity index is 791. The van der Waals surface area contributed by atoms with Crippen LogP contribution in [0.4, 0.5) is 11.4 Å². The second kappa shape index (κ2) is 5.51. The van der Waals surface area contributed by atoms with Crippen molar-refractivity contribution in [3.05, 3.63) is 53.6 Å². The highest BCUT2D eigenvalue weighted by Crippen LogP contribution is 2.44. The molecule has 0 radical (unpaired) electrons. The lowest BCUT2D eigenvalue weighted by atomic mass is 10.0. The number of aliphatic imine (C=N–C) groups is 1. The van der Waals surface area contributed by atoms with Gasteiger partial charge in [-0.2, -0.15) is 0 Å². The van der Waals surface area contributed by atoms with E-state index >= 15 is 0 Å². The van der Waals surface area contributed by atoms with E-state index in [1.54, 1.807) is 13.4 Å². The van der Waals surface area contributed by atoms with E-state index in [1.165, 1.54) is 5.56 Å². The summed E-state index contributed by atoms with van der Waals surface area (Å²) < 4.78 is 5.28. The predicted molar refractivity (Wildman–Crippen MR) is 96.1 cm³/mol. The summed E-state index contributed by atoms with van der Waals surface area (Å²) >= 11 is 0. The molecule has 6 nitrogen and oxygen atoms in total. The normalized spacial score (nSPS) is 27.2. The second-order valence-corrected chi connectivity index (χ2v) is 6.31. The molecule has 24 heavy (non-hydrogen) atoms. The summed E-state index contributed by atoms with van der Waals surface area (Å²) in [6, 6.07) is 14.4. The van der Waals surface area contributed by atoms with Gasteiger partial charge in [0, 0.05) is 23.6 Å². The molecule has 124 valence electrons. The molecule has 0 bridgehead atoms. The number of fused-ring (bicyclic) bond motifs is 1. The number of methoxy groups -OCH3 is 1. The zero-order chi connectivity index (χ0) is 16.7. The van der Waals surface area contributed by atoms with Crippen molar-refractivity contribution in [3.8, 4) is 5.75 Å². The van der Waals surface area contributed by atoms with E-state index < -0.39 is 5.79 Å². The zero-order valence-corrected chi connectivity index (χ0v) is 13.5. The smallest absolute Gasteiger partial charge is 0.192 e. The summed E-state index contributed by atoms with van der Waals surface area (Å²) in [6.07, 6.45) is 2.66. The fraction of sp³-hybridized carbons (Fsp3) is 0.278. The van der Waals surface area contributed by atoms with Crippen molar-refractivity contribution in [1.82, 2.24) is 5.32 Å². The van der Waals surface area contributed by atoms with Gasteiger partial charge in [0.05, 0.1) is 24.8 Å². The van der Waals surface area contributed by atoms with Crippen molar-refractivity contribution in [2.45, 2.75) is 24.2 Å². The zero-order valence-electron chi connectivity index (χ0n) is 13.5. The fourth-order valence-electron chi connectivity index (χ4n) is 3.30. The Hall–Kier alpha value is -2.57. The molecule has 1 aliphatic heterocycles. The van der Waals surface area contributed by atoms with Gasteiger partial charge >= 0.3 is 0 Å². The van der Waals surface area contributed by atoms with Crippen molar-refractivity contribution < 1.29 is 4.74 Å². The van der Waals surface area contributed by atoms with E-state index in [0.29, 0.717) is 23.4 Å². The van der Waals surface area contributed by atoms with Crippen LogP contribution in [0, 0.1) is 0 Å². The van der Waals surface area contributed by atoms with E-state index in [4.69, 9.17) is 16.2 Å². The molecule has 6 heteroatoms. The first-order valence-corrected chi connectivity index (χ1v) is 8.00. The van der Waals surface area contributed by atoms with E-state index in [2.05, 4.69) is 39.9 Å². The molecular formula is C18H21N5O. The van der Waals surface area contributed by atoms with Crippen LogP contribution in [0.2, 0.25) is 0 Å². The second-order valence-electron chi connectivity index (χ2n) is 6.31. The Labute approximate surface area is 140 Å². The molecule has 2 aromatic rings. The number of nitrogens with two attached hydrogens (primary N) is 2. The largest absolute Gasteiger partial charge is 0.495 e. The quantitative estimate of drug-likeness (QED) is 0.509. The molecule has 0 saturated heterocycles. The number of nitrogens with one attached hydrogen (secondary N) is 2. The highest BCUT2D eigenvalue weighted by molar-refractivity contribution is 5.83. The molecule has 1 fully saturated rings. The predicted octanol–water partition coefficient (Wildman–Crippen LogP) is 1.95. The highest BCUT2D eigenvalue weighted by atomic mass is 16.5. The maximum atomic E-state index is 6.57. The van der Waals surface area contributed by atoms with Gasteiger partial charge in [0.25, 0.3) is 0 Å². The number of rotatable bonds is 4. The van der Waals surface area contributed by atoms with Gasteiger partial charge in [-0.3, -0.25) is 11.1 Å². The monoisotopic (exact) mass is 323 g/mol. The van der Waals surface area contributed by atoms with E-state index in [9.17, 15) is 0 Å². The minimum absolute atomic E-state index is 0.295. The number of nitrogen functional groups attached to an aromatic ring is 1. The standard InChI is InChI=1S/C18H21N5O/c1-24-17-9-16-13(8-14(17)19)18(20,22-10-21-16)23-15-7-12(15)11-5-3-2-4-6-11/h2-6,8-10,12,15,23H,7,19-20H2,1H3,(H,21,22). The minimum Gasteiger partial charge on any atom is -0.495 e. The average Bonchev–Trinajstić information content (AvgIpc) is 3.35. The third kappa shape index (κ3) is 2.50. The van der Waals surface area contributed by atoms with Crippen molar-refractivity contribution in [3.63, 3.8) is 0 Å². The van der Waals surface area contributed by atoms with Gasteiger partial charge < -0.3 is 15.8 Å². The van der Waals surface area contributed by atoms with Crippen molar-refractivity contribution in [2.24, 2.45) is 10.7 Å². The average molecular weight is 323 g/mol. The van der Waals surface area contributed by atoms with Gasteiger partial charge in [-0.1, -0.05) is 30.3 Å². The lowest BCUT2D eigenvalue weighted by molar-refractivity contribution is 0.354. The van der Waals surface area contributed by atoms with Crippen LogP contribution in [0.15, 0.2) is 47.5 Å². The van der Waals surface area contributed by atoms with Crippen LogP contribution in [-0.4, -0.2) is 19.5 Å². The molecule has 4 rings (SSSR count). The minimum atomic E-state index is -0.991. The maximum absolute atomic E-state index is 6.57. The van der Waals surface area contributed by atoms with Crippen LogP contribution >= 0.6 is 0 Å². The van der Waals surface area contributed by atoms with Crippen LogP contribution in [0.1, 0.15) is 23.5 Å². The van der Waals surface area contributed by atoms with Crippen LogP contribution in [0.3, 0.4) is 0 Å². The number of benzene rings is 2. The first-order chi connectivity index (χ1) is 11.6. The molecule has 3 unspecified atom stereocenters. The molecule has 0 aromatic heterocycles. The Balaban J connectivity index is 1.59. The Kier molecular flexibility index (Phi) is 3.44. The fourth-order valence-corrected chi connectivity index (χ4v) is 3.30. The molecule has 0 amide bonds. The van der Waals surface area contributed by atoms with Crippen LogP contribution < -0.4 is 26.8 Å². The molecule has 3 atom stereocenters. The van der Waals surface area contributed by atoms with Crippen molar-refractivity contribution >= 4 is 17.7 Å². The van der Waals surface area contributed by atoms with Gasteiger partial charge in [-0.15, -0.1) is 0 Å². The van der Waals surface area contributed by atoms with Gasteiger partial charge in [-0.05, 0) is 18.1 Å². The summed E-state index contributed by atoms with van der Waals surface area (Å²) in [5, 5.41) is 6.59. The summed E-state index contributed by atoms with van der Waals surface area (Å²) in [5.74, 6) is 0.0954. The number of hydrogen-bond acceptors (Lipinski definition) is 6. The lowest BCUT2D eigenvalue weighted by Gasteiger charge is -2.32. The third-order valence-corrected chi connectivity index (χ3v) is 4.69. The summed E-state index contributed by atoms with van der Waals surface area (Å²) in [4.78, 5) is 4.44. The molecule has 1 saturated carbocycles. The number of anilines is 2. The summed E-state index contributed by atoms with van der Waals surface area (Å²) in [7, 11) is 1.59. The van der Waals surface area contributed by atoms with Gasteiger partial charge in [0.15, 0.2) is 5.79 Å². The Morgan fingerprint density at radius 2 is 2.08 bits per heavy atom. The molecule has 1 aliphatic carbocycles. The van der Waals surface area contributed by atoms with Gasteiger partial charge in [0.1, 0.15) is 5.75 Å². The first-order valence-electron chi connectivity index (χ1n) is 8.00. The molecule has 6 N–H and O–H groups in total. The lowest BCUT2D eigenvalue weighted by Crippen LogP contribution is -2.52. The highest BCUT2D eigenvalue weighted by Gasteiger charge is 2.44. The molecular weight excluding hydrogens is 302 g/mol. The van der Waals surface area contributed by atoms with Crippen LogP contribution in [0.5, 0.6) is 5.75 Å². The molecule has 2 aliphatic rings. The number of nitrogens with zero attached hydrogens (tertiary/aromatic N) is 1. The van der Waals surface area contributed by atoms with E-state index in [-0.39, 0.29) is 0 Å². The third-order valence-electron chi connectivity index (χ3n) is 4.69. The van der Waals surface area contributed by atoms with Gasteiger partial charge in [-0.25, -0.2) is 4.99 Å². The van der Waals surface area contributed by atoms with Gasteiger partial charge in [0.2, 0.25) is 0 Å². The van der Waals surface area contributed by atoms with Crippen LogP contribution in [-0.2, 0) is 5.79 Å². The number of ether oxygens (including phenoxy) is 1. The van der Waals surface area contributed by atoms with Crippen LogP contribution in [0.25, 0.3) is 0 Å². The maximum Gasteiger partial charge on any atom is 0.192 e. The summed E-state index contributed by atoms with van der Waals surface area (Å²) in [5.41, 5.74) is 16.2. The SMILES string of the molecule is COc1cc2c(cc1N)C(N)(NC1CC1c1ccccc1)N=CN2.